The lowest BCUT2D eigenvalue weighted by atomic mass is 10.0. The third kappa shape index (κ3) is 4.03. The van der Waals surface area contributed by atoms with E-state index in [1.165, 1.54) is 0 Å². The number of nitrogens with one attached hydrogen (secondary N) is 2. The fraction of sp³-hybridized carbons (Fsp3) is 0.533. The monoisotopic (exact) mass is 278 g/mol. The molecule has 1 fully saturated rings. The number of amides is 1. The normalized spacial score (nSPS) is 23.6. The number of carbonyl (C=O) groups is 1. The van der Waals surface area contributed by atoms with Gasteiger partial charge in [0.1, 0.15) is 5.60 Å². The summed E-state index contributed by atoms with van der Waals surface area (Å²) in [5.74, 6) is -0.114. The molecule has 1 aliphatic heterocycles. The van der Waals surface area contributed by atoms with E-state index in [9.17, 15) is 9.90 Å². The van der Waals surface area contributed by atoms with Gasteiger partial charge in [-0.25, -0.2) is 0 Å². The van der Waals surface area contributed by atoms with Crippen LogP contribution in [0.3, 0.4) is 0 Å². The van der Waals surface area contributed by atoms with E-state index in [1.807, 2.05) is 31.2 Å². The summed E-state index contributed by atoms with van der Waals surface area (Å²) in [6.07, 6.45) is 0.603. The van der Waals surface area contributed by atoms with Gasteiger partial charge in [-0.3, -0.25) is 4.79 Å². The molecule has 1 amide bonds. The van der Waals surface area contributed by atoms with Gasteiger partial charge < -0.3 is 20.5 Å². The maximum atomic E-state index is 12.0. The molecule has 2 atom stereocenters. The minimum Gasteiger partial charge on any atom is -0.386 e. The van der Waals surface area contributed by atoms with E-state index in [4.69, 9.17) is 4.74 Å². The second-order valence-electron chi connectivity index (χ2n) is 5.48. The third-order valence-electron chi connectivity index (χ3n) is 3.53. The van der Waals surface area contributed by atoms with Crippen molar-refractivity contribution < 1.29 is 14.6 Å². The van der Waals surface area contributed by atoms with Gasteiger partial charge in [-0.1, -0.05) is 17.7 Å². The lowest BCUT2D eigenvalue weighted by Crippen LogP contribution is -2.47. The highest BCUT2D eigenvalue weighted by Gasteiger charge is 2.32. The molecule has 20 heavy (non-hydrogen) atoms. The molecule has 1 aromatic rings. The van der Waals surface area contributed by atoms with Gasteiger partial charge in [0, 0.05) is 25.3 Å². The predicted molar refractivity (Wildman–Crippen MR) is 77.7 cm³/mol. The molecule has 5 heteroatoms. The summed E-state index contributed by atoms with van der Waals surface area (Å²) in [7, 11) is 0. The van der Waals surface area contributed by atoms with Crippen LogP contribution in [0.5, 0.6) is 0 Å². The first-order valence-electron chi connectivity index (χ1n) is 6.90. The molecule has 1 aromatic carbocycles. The molecule has 0 aromatic heterocycles. The van der Waals surface area contributed by atoms with Crippen molar-refractivity contribution in [3.63, 3.8) is 0 Å². The Labute approximate surface area is 119 Å². The van der Waals surface area contributed by atoms with Crippen LogP contribution >= 0.6 is 0 Å². The fourth-order valence-electron chi connectivity index (χ4n) is 2.06. The van der Waals surface area contributed by atoms with Crippen molar-refractivity contribution in [1.82, 2.24) is 5.32 Å². The van der Waals surface area contributed by atoms with Gasteiger partial charge in [-0.15, -0.1) is 0 Å². The van der Waals surface area contributed by atoms with Crippen LogP contribution in [-0.4, -0.2) is 42.4 Å². The number of aliphatic hydroxyl groups is 1. The van der Waals surface area contributed by atoms with Crippen LogP contribution in [0.15, 0.2) is 24.3 Å². The number of anilines is 1. The van der Waals surface area contributed by atoms with Gasteiger partial charge in [0.25, 0.3) is 0 Å². The maximum absolute atomic E-state index is 12.0. The van der Waals surface area contributed by atoms with Gasteiger partial charge in [-0.2, -0.15) is 0 Å². The van der Waals surface area contributed by atoms with Crippen LogP contribution in [-0.2, 0) is 9.53 Å². The first-order valence-corrected chi connectivity index (χ1v) is 6.90. The third-order valence-corrected chi connectivity index (χ3v) is 3.53. The molecule has 5 nitrogen and oxygen atoms in total. The van der Waals surface area contributed by atoms with E-state index in [0.29, 0.717) is 26.2 Å². The Kier molecular flexibility index (Phi) is 4.75. The molecule has 0 bridgehead atoms. The largest absolute Gasteiger partial charge is 0.386 e. The van der Waals surface area contributed by atoms with Crippen LogP contribution in [0.2, 0.25) is 0 Å². The first-order chi connectivity index (χ1) is 9.48. The first kappa shape index (κ1) is 15.0. The van der Waals surface area contributed by atoms with Crippen LogP contribution in [0.1, 0.15) is 18.9 Å². The van der Waals surface area contributed by atoms with Crippen molar-refractivity contribution in [3.05, 3.63) is 29.8 Å². The predicted octanol–water partition coefficient (Wildman–Crippen LogP) is 1.06. The smallest absolute Gasteiger partial charge is 0.241 e. The highest BCUT2D eigenvalue weighted by Crippen LogP contribution is 2.17. The summed E-state index contributed by atoms with van der Waals surface area (Å²) in [6, 6.07) is 7.27. The highest BCUT2D eigenvalue weighted by molar-refractivity contribution is 5.94. The highest BCUT2D eigenvalue weighted by atomic mass is 16.5. The Morgan fingerprint density at radius 3 is 2.75 bits per heavy atom. The van der Waals surface area contributed by atoms with E-state index >= 15 is 0 Å². The zero-order chi connectivity index (χ0) is 14.6. The summed E-state index contributed by atoms with van der Waals surface area (Å²) < 4.78 is 5.17. The number of hydrogen-bond donors (Lipinski definition) is 3. The van der Waals surface area contributed by atoms with Crippen molar-refractivity contribution >= 4 is 11.6 Å². The minimum atomic E-state index is -0.849. The number of benzene rings is 1. The zero-order valence-electron chi connectivity index (χ0n) is 12.0. The van der Waals surface area contributed by atoms with Crippen LogP contribution in [0.25, 0.3) is 0 Å². The molecule has 0 aliphatic carbocycles. The molecule has 2 rings (SSSR count). The minimum absolute atomic E-state index is 0.114. The number of hydrogen-bond acceptors (Lipinski definition) is 4. The summed E-state index contributed by atoms with van der Waals surface area (Å²) >= 11 is 0. The van der Waals surface area contributed by atoms with Crippen LogP contribution < -0.4 is 10.6 Å². The molecular weight excluding hydrogens is 256 g/mol. The Hall–Kier alpha value is -1.43. The quantitative estimate of drug-likeness (QED) is 0.753. The number of rotatable bonds is 5. The summed E-state index contributed by atoms with van der Waals surface area (Å²) in [5, 5.41) is 16.0. The Morgan fingerprint density at radius 2 is 2.15 bits per heavy atom. The van der Waals surface area contributed by atoms with Gasteiger partial charge in [0.05, 0.1) is 12.6 Å². The van der Waals surface area contributed by atoms with E-state index in [2.05, 4.69) is 10.6 Å². The molecule has 0 spiro atoms. The van der Waals surface area contributed by atoms with E-state index < -0.39 is 5.60 Å². The van der Waals surface area contributed by atoms with E-state index in [1.54, 1.807) is 6.92 Å². The van der Waals surface area contributed by atoms with Gasteiger partial charge in [0.2, 0.25) is 5.91 Å². The molecule has 110 valence electrons. The molecular formula is C15H22N2O3. The Bertz CT molecular complexity index is 453. The molecule has 0 radical (unpaired) electrons. The molecule has 1 saturated heterocycles. The van der Waals surface area contributed by atoms with Crippen molar-refractivity contribution in [3.8, 4) is 0 Å². The zero-order valence-corrected chi connectivity index (χ0v) is 12.0. The van der Waals surface area contributed by atoms with E-state index in [0.717, 1.165) is 11.3 Å². The van der Waals surface area contributed by atoms with Gasteiger partial charge in [0.15, 0.2) is 0 Å². The maximum Gasteiger partial charge on any atom is 0.241 e. The molecule has 3 N–H and O–H groups in total. The molecule has 0 saturated carbocycles. The number of ether oxygens (including phenoxy) is 1. The lowest BCUT2D eigenvalue weighted by molar-refractivity contribution is -0.118. The summed E-state index contributed by atoms with van der Waals surface area (Å²) in [5.41, 5.74) is 1.08. The Morgan fingerprint density at radius 1 is 1.45 bits per heavy atom. The van der Waals surface area contributed by atoms with Crippen molar-refractivity contribution in [2.75, 3.05) is 25.1 Å². The molecule has 2 unspecified atom stereocenters. The van der Waals surface area contributed by atoms with Gasteiger partial charge >= 0.3 is 0 Å². The second-order valence-corrected chi connectivity index (χ2v) is 5.48. The molecule has 1 aliphatic rings. The summed E-state index contributed by atoms with van der Waals surface area (Å²) in [6.45, 7) is 5.03. The van der Waals surface area contributed by atoms with Crippen molar-refractivity contribution in [2.24, 2.45) is 0 Å². The van der Waals surface area contributed by atoms with Crippen molar-refractivity contribution in [2.45, 2.75) is 31.9 Å². The van der Waals surface area contributed by atoms with Crippen molar-refractivity contribution in [1.29, 1.82) is 0 Å². The Balaban J connectivity index is 1.81. The average molecular weight is 278 g/mol. The standard InChI is InChI=1S/C15H22N2O3/c1-11-3-5-13(6-4-11)17-14(18)12(2)16-9-15(19)7-8-20-10-15/h3-6,12,16,19H,7-10H2,1-2H3,(H,17,18). The average Bonchev–Trinajstić information content (AvgIpc) is 2.86. The SMILES string of the molecule is Cc1ccc(NC(=O)C(C)NCC2(O)CCOC2)cc1. The summed E-state index contributed by atoms with van der Waals surface area (Å²) in [4.78, 5) is 12.0. The lowest BCUT2D eigenvalue weighted by Gasteiger charge is -2.23. The number of carbonyl (C=O) groups excluding carboxylic acids is 1. The van der Waals surface area contributed by atoms with Gasteiger partial charge in [-0.05, 0) is 26.0 Å². The molecule has 1 heterocycles. The fourth-order valence-corrected chi connectivity index (χ4v) is 2.06. The second kappa shape index (κ2) is 6.35. The number of aryl methyl sites for hydroxylation is 1. The topological polar surface area (TPSA) is 70.6 Å². The van der Waals surface area contributed by atoms with Crippen LogP contribution in [0, 0.1) is 6.92 Å². The van der Waals surface area contributed by atoms with E-state index in [-0.39, 0.29) is 11.9 Å². The van der Waals surface area contributed by atoms with Crippen LogP contribution in [0.4, 0.5) is 5.69 Å².